The summed E-state index contributed by atoms with van der Waals surface area (Å²) in [5.74, 6) is 0.883. The van der Waals surface area contributed by atoms with E-state index < -0.39 is 26.9 Å². The first kappa shape index (κ1) is 25.9. The molecule has 0 unspecified atom stereocenters. The molecular weight excluding hydrogens is 510 g/mol. The molecule has 1 aliphatic carbocycles. The van der Waals surface area contributed by atoms with Gasteiger partial charge in [0.2, 0.25) is 11.8 Å². The van der Waals surface area contributed by atoms with Crippen LogP contribution in [0.1, 0.15) is 49.3 Å². The average molecular weight is 536 g/mol. The van der Waals surface area contributed by atoms with Gasteiger partial charge in [0.05, 0.1) is 24.5 Å². The van der Waals surface area contributed by atoms with Crippen molar-refractivity contribution in [3.05, 3.63) is 53.4 Å². The fraction of sp³-hybridized carbons (Fsp3) is 0.455. The van der Waals surface area contributed by atoms with Crippen molar-refractivity contribution in [2.45, 2.75) is 42.8 Å². The van der Waals surface area contributed by atoms with Crippen molar-refractivity contribution >= 4 is 21.4 Å². The molecular formula is C22H26ClN7O5S. The lowest BCUT2D eigenvalue weighted by Gasteiger charge is -2.22. The maximum Gasteiger partial charge on any atom is 0.245 e. The highest BCUT2D eigenvalue weighted by molar-refractivity contribution is 7.91. The molecule has 3 heterocycles. The maximum absolute atomic E-state index is 13.6. The van der Waals surface area contributed by atoms with Crippen LogP contribution in [0.25, 0.3) is 5.69 Å². The van der Waals surface area contributed by atoms with Crippen LogP contribution in [0, 0.1) is 0 Å². The zero-order chi connectivity index (χ0) is 25.9. The summed E-state index contributed by atoms with van der Waals surface area (Å²) in [5, 5.41) is 7.97. The molecule has 0 amide bonds. The number of allylic oxidation sites excluding steroid dienone is 2. The van der Waals surface area contributed by atoms with Crippen molar-refractivity contribution in [1.82, 2.24) is 34.7 Å². The third-order valence-corrected chi connectivity index (χ3v) is 8.20. The summed E-state index contributed by atoms with van der Waals surface area (Å²) in [6, 6.07) is 0. The van der Waals surface area contributed by atoms with Crippen molar-refractivity contribution < 1.29 is 22.6 Å². The van der Waals surface area contributed by atoms with E-state index >= 15 is 0 Å². The molecule has 0 saturated heterocycles. The number of aromatic nitrogens is 7. The molecule has 12 nitrogen and oxygen atoms in total. The summed E-state index contributed by atoms with van der Waals surface area (Å²) in [7, 11) is 0.457. The van der Waals surface area contributed by atoms with Gasteiger partial charge >= 0.3 is 0 Å². The molecule has 3 aromatic rings. The molecule has 192 valence electrons. The highest BCUT2D eigenvalue weighted by atomic mass is 35.5. The lowest BCUT2D eigenvalue weighted by molar-refractivity contribution is 0.0948. The van der Waals surface area contributed by atoms with Gasteiger partial charge in [0.1, 0.15) is 24.0 Å². The first-order chi connectivity index (χ1) is 17.3. The second-order valence-corrected chi connectivity index (χ2v) is 10.9. The van der Waals surface area contributed by atoms with Gasteiger partial charge in [-0.25, -0.2) is 18.4 Å². The van der Waals surface area contributed by atoms with E-state index in [2.05, 4.69) is 30.1 Å². The summed E-state index contributed by atoms with van der Waals surface area (Å²) in [5.41, 5.74) is 0.330. The third-order valence-electron chi connectivity index (χ3n) is 5.97. The zero-order valence-electron chi connectivity index (χ0n) is 20.2. The molecule has 4 rings (SSSR count). The van der Waals surface area contributed by atoms with Crippen LogP contribution < -0.4 is 9.47 Å². The van der Waals surface area contributed by atoms with E-state index in [1.807, 2.05) is 12.2 Å². The van der Waals surface area contributed by atoms with Crippen LogP contribution in [0.15, 0.2) is 30.9 Å². The number of ether oxygens (including phenoxy) is 3. The quantitative estimate of drug-likeness (QED) is 0.353. The Labute approximate surface area is 213 Å². The minimum Gasteiger partial charge on any atom is -0.479 e. The first-order valence-electron chi connectivity index (χ1n) is 11.0. The topological polar surface area (TPSA) is 144 Å². The highest BCUT2D eigenvalue weighted by Gasteiger charge is 2.36. The van der Waals surface area contributed by atoms with Crippen LogP contribution in [-0.2, 0) is 20.3 Å². The Hall–Kier alpha value is -3.16. The van der Waals surface area contributed by atoms with Gasteiger partial charge < -0.3 is 14.2 Å². The second-order valence-electron chi connectivity index (χ2n) is 8.12. The van der Waals surface area contributed by atoms with Gasteiger partial charge in [-0.3, -0.25) is 4.57 Å². The average Bonchev–Trinajstić information content (AvgIpc) is 3.54. The van der Waals surface area contributed by atoms with E-state index in [4.69, 9.17) is 25.8 Å². The lowest BCUT2D eigenvalue weighted by Crippen LogP contribution is -2.30. The van der Waals surface area contributed by atoms with Crippen molar-refractivity contribution in [1.29, 1.82) is 0 Å². The zero-order valence-corrected chi connectivity index (χ0v) is 21.8. The third kappa shape index (κ3) is 5.04. The molecule has 1 aliphatic rings. The van der Waals surface area contributed by atoms with E-state index in [1.165, 1.54) is 47.0 Å². The monoisotopic (exact) mass is 535 g/mol. The van der Waals surface area contributed by atoms with Gasteiger partial charge in [0, 0.05) is 25.4 Å². The summed E-state index contributed by atoms with van der Waals surface area (Å²) in [6.07, 6.45) is 8.73. The predicted molar refractivity (Wildman–Crippen MR) is 130 cm³/mol. The molecule has 0 spiro atoms. The highest BCUT2D eigenvalue weighted by Crippen LogP contribution is 2.36. The molecule has 0 fully saturated rings. The molecule has 0 radical (unpaired) electrons. The lowest BCUT2D eigenvalue weighted by atomic mass is 10.1. The van der Waals surface area contributed by atoms with E-state index in [0.717, 1.165) is 12.8 Å². The van der Waals surface area contributed by atoms with Crippen molar-refractivity contribution in [3.8, 4) is 17.4 Å². The Bertz CT molecular complexity index is 1320. The van der Waals surface area contributed by atoms with Gasteiger partial charge in [0.25, 0.3) is 0 Å². The van der Waals surface area contributed by atoms with E-state index in [-0.39, 0.29) is 29.3 Å². The second kappa shape index (κ2) is 10.8. The molecule has 0 aliphatic heterocycles. The van der Waals surface area contributed by atoms with Crippen LogP contribution in [0.5, 0.6) is 11.8 Å². The number of sulfone groups is 1. The normalized spacial score (nSPS) is 15.7. The molecule has 0 aromatic carbocycles. The summed E-state index contributed by atoms with van der Waals surface area (Å²) < 4.78 is 45.3. The van der Waals surface area contributed by atoms with Gasteiger partial charge in [-0.1, -0.05) is 23.8 Å². The Balaban J connectivity index is 1.77. The Morgan fingerprint density at radius 3 is 2.19 bits per heavy atom. The fourth-order valence-corrected chi connectivity index (χ4v) is 5.59. The smallest absolute Gasteiger partial charge is 0.245 e. The van der Waals surface area contributed by atoms with Crippen LogP contribution in [0.2, 0.25) is 5.02 Å². The number of nitrogens with zero attached hydrogens (tertiary/aromatic N) is 7. The minimum absolute atomic E-state index is 0.00446. The van der Waals surface area contributed by atoms with Crippen LogP contribution in [-0.4, -0.2) is 69.7 Å². The Kier molecular flexibility index (Phi) is 7.81. The van der Waals surface area contributed by atoms with E-state index in [0.29, 0.717) is 16.5 Å². The fourth-order valence-electron chi connectivity index (χ4n) is 4.07. The van der Waals surface area contributed by atoms with Crippen molar-refractivity contribution in [2.24, 2.45) is 0 Å². The Morgan fingerprint density at radius 1 is 1.03 bits per heavy atom. The number of hydrogen-bond acceptors (Lipinski definition) is 11. The molecule has 36 heavy (non-hydrogen) atoms. The van der Waals surface area contributed by atoms with E-state index in [1.54, 1.807) is 4.57 Å². The largest absolute Gasteiger partial charge is 0.479 e. The van der Waals surface area contributed by atoms with Gasteiger partial charge in [-0.2, -0.15) is 9.97 Å². The summed E-state index contributed by atoms with van der Waals surface area (Å²) in [6.45, 7) is 1.54. The molecule has 2 atom stereocenters. The molecule has 3 aromatic heterocycles. The number of hydrogen-bond donors (Lipinski definition) is 0. The summed E-state index contributed by atoms with van der Waals surface area (Å²) >= 11 is 5.88. The van der Waals surface area contributed by atoms with Crippen LogP contribution in [0.3, 0.4) is 0 Å². The van der Waals surface area contributed by atoms with Gasteiger partial charge in [0.15, 0.2) is 27.2 Å². The predicted octanol–water partition coefficient (Wildman–Crippen LogP) is 2.64. The van der Waals surface area contributed by atoms with Gasteiger partial charge in [-0.05, 0) is 19.8 Å². The SMILES string of the molecule is COc1ncnc(OC)c1-n1c(CS(=O)(=O)[C@@H](C)[C@H](OC)c2ncc(Cl)cn2)nnc1C1CC=CC1. The van der Waals surface area contributed by atoms with Crippen LogP contribution in [0.4, 0.5) is 0 Å². The number of methoxy groups -OCH3 is 3. The van der Waals surface area contributed by atoms with Gasteiger partial charge in [-0.15, -0.1) is 10.2 Å². The molecule has 14 heteroatoms. The minimum atomic E-state index is -3.86. The standard InChI is InChI=1S/C22H26ClN7O5S/c1-13(18(33-2)19-24-9-15(23)10-25-19)36(31,32)11-16-28-29-20(14-7-5-6-8-14)30(16)17-21(34-3)26-12-27-22(17)35-4/h5-6,9-10,12-14,18H,7-8,11H2,1-4H3/t13-,18-/m0/s1. The van der Waals surface area contributed by atoms with Crippen LogP contribution >= 0.6 is 11.6 Å². The number of halogens is 1. The number of rotatable bonds is 10. The molecule has 0 bridgehead atoms. The van der Waals surface area contributed by atoms with E-state index in [9.17, 15) is 8.42 Å². The first-order valence-corrected chi connectivity index (χ1v) is 13.1. The maximum atomic E-state index is 13.6. The van der Waals surface area contributed by atoms with Crippen molar-refractivity contribution in [2.75, 3.05) is 21.3 Å². The molecule has 0 N–H and O–H groups in total. The summed E-state index contributed by atoms with van der Waals surface area (Å²) in [4.78, 5) is 16.6. The van der Waals surface area contributed by atoms with Crippen molar-refractivity contribution in [3.63, 3.8) is 0 Å². The molecule has 0 saturated carbocycles. The Morgan fingerprint density at radius 2 is 1.64 bits per heavy atom.